The van der Waals surface area contributed by atoms with E-state index in [-0.39, 0.29) is 51.4 Å². The molecule has 1 radical (unpaired) electrons. The third-order valence-electron chi connectivity index (χ3n) is 0. The molecule has 0 saturated carbocycles. The molecular weight excluding hydrogens is 476 g/mol. The van der Waals surface area contributed by atoms with Crippen LogP contribution in [0.4, 0.5) is 0 Å². The SMILES string of the molecule is [Br][Au]([Br])[Br].[K]. The van der Waals surface area contributed by atoms with Gasteiger partial charge in [0.15, 0.2) is 0 Å². The van der Waals surface area contributed by atoms with Gasteiger partial charge < -0.3 is 0 Å². The monoisotopic (exact) mass is 473 g/mol. The van der Waals surface area contributed by atoms with Gasteiger partial charge in [0, 0.05) is 51.4 Å². The van der Waals surface area contributed by atoms with E-state index in [2.05, 4.69) is 39.1 Å². The van der Waals surface area contributed by atoms with Gasteiger partial charge in [0.2, 0.25) is 0 Å². The smallest absolute Gasteiger partial charge is 0 e. The van der Waals surface area contributed by atoms with E-state index in [1.54, 1.807) is 0 Å². The van der Waals surface area contributed by atoms with Crippen molar-refractivity contribution in [2.75, 3.05) is 0 Å². The van der Waals surface area contributed by atoms with Crippen molar-refractivity contribution in [1.82, 2.24) is 0 Å². The van der Waals surface area contributed by atoms with E-state index in [0.29, 0.717) is 0 Å². The fourth-order valence-electron chi connectivity index (χ4n) is 0. The Bertz CT molecular complexity index is 11.6. The first-order valence-electron chi connectivity index (χ1n) is 0.342. The Labute approximate surface area is 99.3 Å². The first kappa shape index (κ1) is 11.6. The molecule has 0 nitrogen and oxygen atoms in total. The molecule has 0 amide bonds. The summed E-state index contributed by atoms with van der Waals surface area (Å²) in [5, 5.41) is 0. The summed E-state index contributed by atoms with van der Waals surface area (Å²) in [5.74, 6) is 0. The summed E-state index contributed by atoms with van der Waals surface area (Å²) in [5.41, 5.74) is 0. The van der Waals surface area contributed by atoms with E-state index < -0.39 is 12.0 Å². The average molecular weight is 476 g/mol. The van der Waals surface area contributed by atoms with E-state index in [1.165, 1.54) is 0 Å². The second-order valence-corrected chi connectivity index (χ2v) is 28.6. The third-order valence-corrected chi connectivity index (χ3v) is 0. The molecule has 0 aliphatic heterocycles. The van der Waals surface area contributed by atoms with Crippen molar-refractivity contribution in [2.45, 2.75) is 0 Å². The van der Waals surface area contributed by atoms with Crippen LogP contribution in [0.1, 0.15) is 0 Å². The normalized spacial score (nSPS) is 9.00. The molecule has 0 aromatic heterocycles. The van der Waals surface area contributed by atoms with Gasteiger partial charge >= 0.3 is 51.1 Å². The molecule has 5 heteroatoms. The van der Waals surface area contributed by atoms with Crippen molar-refractivity contribution in [1.29, 1.82) is 0 Å². The van der Waals surface area contributed by atoms with E-state index >= 15 is 0 Å². The molecule has 0 aromatic rings. The Morgan fingerprint density at radius 3 is 1.00 bits per heavy atom. The van der Waals surface area contributed by atoms with Gasteiger partial charge in [-0.15, -0.1) is 0 Å². The van der Waals surface area contributed by atoms with Crippen molar-refractivity contribution < 1.29 is 12.0 Å². The van der Waals surface area contributed by atoms with Crippen molar-refractivity contribution in [3.05, 3.63) is 0 Å². The summed E-state index contributed by atoms with van der Waals surface area (Å²) in [6, 6.07) is 0. The molecular formula is AuBr3K. The zero-order valence-corrected chi connectivity index (χ0v) is 12.5. The van der Waals surface area contributed by atoms with Crippen molar-refractivity contribution >= 4 is 90.5 Å². The van der Waals surface area contributed by atoms with Crippen molar-refractivity contribution in [2.24, 2.45) is 0 Å². The Morgan fingerprint density at radius 2 is 1.00 bits per heavy atom. The first-order chi connectivity index (χ1) is 1.73. The molecule has 0 N–H and O–H groups in total. The summed E-state index contributed by atoms with van der Waals surface area (Å²) in [7, 11) is 0. The molecule has 0 atom stereocenters. The van der Waals surface area contributed by atoms with Gasteiger partial charge in [-0.2, -0.15) is 0 Å². The minimum Gasteiger partial charge on any atom is 0 e. The molecule has 0 heterocycles. The maximum atomic E-state index is 3.25. The van der Waals surface area contributed by atoms with Crippen LogP contribution in [0.25, 0.3) is 0 Å². The van der Waals surface area contributed by atoms with Gasteiger partial charge in [-0.1, -0.05) is 0 Å². The molecule has 0 spiro atoms. The average Bonchev–Trinajstić information content (AvgIpc) is 0.811. The Balaban J connectivity index is 0. The van der Waals surface area contributed by atoms with E-state index in [4.69, 9.17) is 0 Å². The Kier molecular flexibility index (Phi) is 18.1. The summed E-state index contributed by atoms with van der Waals surface area (Å²) >= 11 is 8.99. The van der Waals surface area contributed by atoms with Gasteiger partial charge in [0.05, 0.1) is 0 Å². The molecule has 0 fully saturated rings. The topological polar surface area (TPSA) is 0 Å². The van der Waals surface area contributed by atoms with Crippen LogP contribution in [-0.4, -0.2) is 51.4 Å². The van der Waals surface area contributed by atoms with E-state index in [1.807, 2.05) is 0 Å². The Hall–Kier alpha value is 3.82. The van der Waals surface area contributed by atoms with Gasteiger partial charge in [-0.3, -0.25) is 0 Å². The zero-order chi connectivity index (χ0) is 3.58. The maximum Gasteiger partial charge on any atom is 0 e. The van der Waals surface area contributed by atoms with Crippen LogP contribution in [0.3, 0.4) is 0 Å². The zero-order valence-electron chi connectivity index (χ0n) is 2.44. The predicted octanol–water partition coefficient (Wildman–Crippen LogP) is 2.15. The fourth-order valence-corrected chi connectivity index (χ4v) is 0. The maximum absolute atomic E-state index is 3.25. The summed E-state index contributed by atoms with van der Waals surface area (Å²) in [6.45, 7) is 0. The van der Waals surface area contributed by atoms with Crippen LogP contribution in [0.2, 0.25) is 0 Å². The number of rotatable bonds is 0. The van der Waals surface area contributed by atoms with Gasteiger partial charge in [-0.25, -0.2) is 0 Å². The number of hydrogen-bond donors (Lipinski definition) is 0. The molecule has 0 saturated heterocycles. The largest absolute Gasteiger partial charge is 0 e. The van der Waals surface area contributed by atoms with Crippen LogP contribution in [0.5, 0.6) is 0 Å². The quantitative estimate of drug-likeness (QED) is 0.471. The van der Waals surface area contributed by atoms with E-state index in [9.17, 15) is 0 Å². The molecule has 0 rings (SSSR count). The molecule has 5 heavy (non-hydrogen) atoms. The van der Waals surface area contributed by atoms with Crippen LogP contribution in [-0.2, 0) is 12.0 Å². The number of hydrogen-bond acceptors (Lipinski definition) is 0. The molecule has 0 aliphatic rings. The van der Waals surface area contributed by atoms with Crippen molar-refractivity contribution in [3.8, 4) is 0 Å². The minimum atomic E-state index is -0.766. The second-order valence-electron chi connectivity index (χ2n) is 0.129. The number of halogens is 3. The van der Waals surface area contributed by atoms with Crippen LogP contribution >= 0.6 is 39.1 Å². The summed E-state index contributed by atoms with van der Waals surface area (Å²) in [6.07, 6.45) is 0. The molecule has 0 aliphatic carbocycles. The standard InChI is InChI=1S/Au.3BrH.K/h;3*1H;/q+3;;;;/p-3. The summed E-state index contributed by atoms with van der Waals surface area (Å²) < 4.78 is 0. The first-order valence-corrected chi connectivity index (χ1v) is 14.5. The van der Waals surface area contributed by atoms with Gasteiger partial charge in [-0.05, 0) is 0 Å². The molecule has 0 unspecified atom stereocenters. The predicted molar refractivity (Wildman–Crippen MR) is 32.5 cm³/mol. The van der Waals surface area contributed by atoms with Gasteiger partial charge in [0.1, 0.15) is 0 Å². The van der Waals surface area contributed by atoms with Crippen molar-refractivity contribution in [3.63, 3.8) is 0 Å². The third kappa shape index (κ3) is 18.2. The van der Waals surface area contributed by atoms with E-state index in [0.717, 1.165) is 0 Å². The Morgan fingerprint density at radius 1 is 1.00 bits per heavy atom. The minimum absolute atomic E-state index is 0. The molecule has 0 aromatic carbocycles. The van der Waals surface area contributed by atoms with Gasteiger partial charge in [0.25, 0.3) is 0 Å². The van der Waals surface area contributed by atoms with Crippen LogP contribution in [0.15, 0.2) is 0 Å². The fraction of sp³-hybridized carbons (Fsp3) is 0. The summed E-state index contributed by atoms with van der Waals surface area (Å²) in [4.78, 5) is 0. The molecule has 33 valence electrons. The van der Waals surface area contributed by atoms with Crippen LogP contribution < -0.4 is 0 Å². The van der Waals surface area contributed by atoms with Crippen LogP contribution in [0, 0.1) is 0 Å². The molecule has 0 bridgehead atoms. The second kappa shape index (κ2) is 7.82.